The van der Waals surface area contributed by atoms with E-state index in [0.29, 0.717) is 19.5 Å². The Morgan fingerprint density at radius 2 is 2.31 bits per heavy atom. The molecule has 0 aliphatic carbocycles. The maximum Gasteiger partial charge on any atom is 0.317 e. The minimum absolute atomic E-state index is 0.0725. The Morgan fingerprint density at radius 3 is 2.69 bits per heavy atom. The molecule has 0 bridgehead atoms. The fraction of sp³-hybridized carbons (Fsp3) is 0.667. The molecule has 0 saturated carbocycles. The van der Waals surface area contributed by atoms with Crippen LogP contribution in [-0.4, -0.2) is 46.8 Å². The lowest BCUT2D eigenvalue weighted by Gasteiger charge is -2.17. The Morgan fingerprint density at radius 1 is 1.69 bits per heavy atom. The standard InChI is InChI=1S/C9H15NO3/c1-3-5-10(7-9(12)13)6-4-8(2)11/h1,8,11H,4-7H2,2H3,(H,12,13). The number of carboxylic acid groups (broad SMARTS) is 1. The van der Waals surface area contributed by atoms with E-state index in [1.807, 2.05) is 0 Å². The summed E-state index contributed by atoms with van der Waals surface area (Å²) < 4.78 is 0. The molecule has 0 saturated heterocycles. The SMILES string of the molecule is C#CCN(CCC(C)O)CC(=O)O. The van der Waals surface area contributed by atoms with Crippen LogP contribution in [0.1, 0.15) is 13.3 Å². The maximum atomic E-state index is 10.4. The third kappa shape index (κ3) is 7.32. The highest BCUT2D eigenvalue weighted by atomic mass is 16.4. The largest absolute Gasteiger partial charge is 0.480 e. The smallest absolute Gasteiger partial charge is 0.317 e. The fourth-order valence-corrected chi connectivity index (χ4v) is 0.904. The van der Waals surface area contributed by atoms with Crippen molar-refractivity contribution in [1.29, 1.82) is 0 Å². The van der Waals surface area contributed by atoms with E-state index in [2.05, 4.69) is 5.92 Å². The monoisotopic (exact) mass is 185 g/mol. The van der Waals surface area contributed by atoms with Crippen molar-refractivity contribution in [2.45, 2.75) is 19.4 Å². The van der Waals surface area contributed by atoms with Gasteiger partial charge in [0, 0.05) is 6.54 Å². The second-order valence-electron chi connectivity index (χ2n) is 2.95. The third-order valence-corrected chi connectivity index (χ3v) is 1.54. The van der Waals surface area contributed by atoms with E-state index < -0.39 is 12.1 Å². The molecule has 0 radical (unpaired) electrons. The molecule has 13 heavy (non-hydrogen) atoms. The summed E-state index contributed by atoms with van der Waals surface area (Å²) in [5, 5.41) is 17.5. The zero-order valence-electron chi connectivity index (χ0n) is 7.73. The van der Waals surface area contributed by atoms with Gasteiger partial charge in [-0.25, -0.2) is 0 Å². The molecule has 1 atom stereocenters. The summed E-state index contributed by atoms with van der Waals surface area (Å²) in [6.07, 6.45) is 5.18. The number of nitrogens with zero attached hydrogens (tertiary/aromatic N) is 1. The predicted molar refractivity (Wildman–Crippen MR) is 49.2 cm³/mol. The average Bonchev–Trinajstić information content (AvgIpc) is 1.99. The van der Waals surface area contributed by atoms with Gasteiger partial charge in [0.1, 0.15) is 0 Å². The molecule has 0 spiro atoms. The van der Waals surface area contributed by atoms with Crippen LogP contribution < -0.4 is 0 Å². The number of hydrogen-bond acceptors (Lipinski definition) is 3. The molecule has 0 aliphatic rings. The van der Waals surface area contributed by atoms with E-state index in [9.17, 15) is 4.79 Å². The fourth-order valence-electron chi connectivity index (χ4n) is 0.904. The molecule has 0 aromatic rings. The van der Waals surface area contributed by atoms with Crippen molar-refractivity contribution in [3.8, 4) is 12.3 Å². The highest BCUT2D eigenvalue weighted by Crippen LogP contribution is 1.95. The number of aliphatic hydroxyl groups excluding tert-OH is 1. The molecule has 0 heterocycles. The highest BCUT2D eigenvalue weighted by molar-refractivity contribution is 5.69. The summed E-state index contributed by atoms with van der Waals surface area (Å²) in [5.41, 5.74) is 0. The lowest BCUT2D eigenvalue weighted by molar-refractivity contribution is -0.138. The van der Waals surface area contributed by atoms with Crippen molar-refractivity contribution >= 4 is 5.97 Å². The first-order chi connectivity index (χ1) is 6.06. The minimum atomic E-state index is -0.902. The molecule has 0 aliphatic heterocycles. The van der Waals surface area contributed by atoms with Gasteiger partial charge in [0.15, 0.2) is 0 Å². The first kappa shape index (κ1) is 11.9. The van der Waals surface area contributed by atoms with Gasteiger partial charge in [-0.05, 0) is 13.3 Å². The number of carbonyl (C=O) groups is 1. The van der Waals surface area contributed by atoms with Crippen LogP contribution in [0.25, 0.3) is 0 Å². The second kappa shape index (κ2) is 6.46. The van der Waals surface area contributed by atoms with Crippen molar-refractivity contribution in [1.82, 2.24) is 4.90 Å². The van der Waals surface area contributed by atoms with Gasteiger partial charge < -0.3 is 10.2 Å². The van der Waals surface area contributed by atoms with Crippen molar-refractivity contribution < 1.29 is 15.0 Å². The van der Waals surface area contributed by atoms with Crippen molar-refractivity contribution in [3.05, 3.63) is 0 Å². The summed E-state index contributed by atoms with van der Waals surface area (Å²) in [6, 6.07) is 0. The molecule has 0 aromatic carbocycles. The Balaban J connectivity index is 3.81. The lowest BCUT2D eigenvalue weighted by Crippen LogP contribution is -2.32. The van der Waals surface area contributed by atoms with Crippen LogP contribution in [0.15, 0.2) is 0 Å². The molecule has 0 amide bonds. The number of terminal acetylenes is 1. The van der Waals surface area contributed by atoms with E-state index in [4.69, 9.17) is 16.6 Å². The summed E-state index contributed by atoms with van der Waals surface area (Å²) >= 11 is 0. The number of hydrogen-bond donors (Lipinski definition) is 2. The normalized spacial score (nSPS) is 12.5. The summed E-state index contributed by atoms with van der Waals surface area (Å²) in [5.74, 6) is 1.48. The summed E-state index contributed by atoms with van der Waals surface area (Å²) in [4.78, 5) is 12.0. The number of rotatable bonds is 6. The molecule has 74 valence electrons. The molecule has 0 rings (SSSR count). The van der Waals surface area contributed by atoms with Gasteiger partial charge in [-0.3, -0.25) is 9.69 Å². The average molecular weight is 185 g/mol. The maximum absolute atomic E-state index is 10.4. The molecule has 0 fully saturated rings. The molecule has 4 nitrogen and oxygen atoms in total. The molecule has 2 N–H and O–H groups in total. The summed E-state index contributed by atoms with van der Waals surface area (Å²) in [7, 11) is 0. The Bertz CT molecular complexity index is 196. The molecule has 4 heteroatoms. The van der Waals surface area contributed by atoms with Crippen LogP contribution >= 0.6 is 0 Å². The van der Waals surface area contributed by atoms with Gasteiger partial charge >= 0.3 is 5.97 Å². The van der Waals surface area contributed by atoms with Gasteiger partial charge in [0.25, 0.3) is 0 Å². The van der Waals surface area contributed by atoms with Gasteiger partial charge in [0.2, 0.25) is 0 Å². The first-order valence-electron chi connectivity index (χ1n) is 4.12. The quantitative estimate of drug-likeness (QED) is 0.561. The van der Waals surface area contributed by atoms with Crippen molar-refractivity contribution in [2.24, 2.45) is 0 Å². The van der Waals surface area contributed by atoms with Crippen LogP contribution in [0.5, 0.6) is 0 Å². The zero-order valence-corrected chi connectivity index (χ0v) is 7.73. The van der Waals surface area contributed by atoms with Crippen molar-refractivity contribution in [3.63, 3.8) is 0 Å². The Kier molecular flexibility index (Phi) is 5.94. The van der Waals surface area contributed by atoms with E-state index >= 15 is 0 Å². The van der Waals surface area contributed by atoms with Gasteiger partial charge in [-0.1, -0.05) is 5.92 Å². The lowest BCUT2D eigenvalue weighted by atomic mass is 10.2. The minimum Gasteiger partial charge on any atom is -0.480 e. The topological polar surface area (TPSA) is 60.8 Å². The van der Waals surface area contributed by atoms with Crippen molar-refractivity contribution in [2.75, 3.05) is 19.6 Å². The highest BCUT2D eigenvalue weighted by Gasteiger charge is 2.08. The first-order valence-corrected chi connectivity index (χ1v) is 4.12. The van der Waals surface area contributed by atoms with Crippen LogP contribution in [-0.2, 0) is 4.79 Å². The molecular weight excluding hydrogens is 170 g/mol. The number of carboxylic acids is 1. The predicted octanol–water partition coefficient (Wildman–Crippen LogP) is -0.223. The van der Waals surface area contributed by atoms with Crippen LogP contribution in [0.2, 0.25) is 0 Å². The van der Waals surface area contributed by atoms with E-state index in [1.165, 1.54) is 0 Å². The number of aliphatic carboxylic acids is 1. The zero-order chi connectivity index (χ0) is 10.3. The van der Waals surface area contributed by atoms with Gasteiger partial charge in [0.05, 0.1) is 19.2 Å². The Labute approximate surface area is 78.2 Å². The van der Waals surface area contributed by atoms with E-state index in [0.717, 1.165) is 0 Å². The molecular formula is C9H15NO3. The number of aliphatic hydroxyl groups is 1. The van der Waals surface area contributed by atoms with Crippen LogP contribution in [0, 0.1) is 12.3 Å². The van der Waals surface area contributed by atoms with Gasteiger partial charge in [-0.15, -0.1) is 6.42 Å². The summed E-state index contributed by atoms with van der Waals surface area (Å²) in [6.45, 7) is 2.40. The van der Waals surface area contributed by atoms with Crippen LogP contribution in [0.3, 0.4) is 0 Å². The van der Waals surface area contributed by atoms with E-state index in [-0.39, 0.29) is 6.54 Å². The third-order valence-electron chi connectivity index (χ3n) is 1.54. The van der Waals surface area contributed by atoms with Crippen LogP contribution in [0.4, 0.5) is 0 Å². The molecule has 1 unspecified atom stereocenters. The second-order valence-corrected chi connectivity index (χ2v) is 2.95. The van der Waals surface area contributed by atoms with Gasteiger partial charge in [-0.2, -0.15) is 0 Å². The van der Waals surface area contributed by atoms with E-state index in [1.54, 1.807) is 11.8 Å². The Hall–Kier alpha value is -1.05. The molecule has 0 aromatic heterocycles.